The van der Waals surface area contributed by atoms with Crippen molar-refractivity contribution >= 4 is 0 Å². The Hall–Kier alpha value is -1.06. The van der Waals surface area contributed by atoms with E-state index in [1.807, 2.05) is 25.1 Å². The number of hydrogen-bond donors (Lipinski definition) is 1. The summed E-state index contributed by atoms with van der Waals surface area (Å²) in [5.41, 5.74) is 2.07. The average molecular weight is 208 g/mol. The number of rotatable bonds is 3. The van der Waals surface area contributed by atoms with E-state index in [1.54, 1.807) is 7.11 Å². The lowest BCUT2D eigenvalue weighted by molar-refractivity contribution is -0.00145. The van der Waals surface area contributed by atoms with Crippen LogP contribution in [-0.2, 0) is 11.2 Å². The SMILES string of the molecule is COC(C)C(O)c1ccc2c(c1)CCO2. The molecule has 0 bridgehead atoms. The van der Waals surface area contributed by atoms with E-state index >= 15 is 0 Å². The zero-order valence-electron chi connectivity index (χ0n) is 9.06. The van der Waals surface area contributed by atoms with Crippen LogP contribution < -0.4 is 4.74 Å². The van der Waals surface area contributed by atoms with Crippen molar-refractivity contribution in [1.29, 1.82) is 0 Å². The summed E-state index contributed by atoms with van der Waals surface area (Å²) in [7, 11) is 1.60. The third kappa shape index (κ3) is 1.98. The molecule has 1 N–H and O–H groups in total. The predicted octanol–water partition coefficient (Wildman–Crippen LogP) is 1.69. The molecule has 82 valence electrons. The molecule has 3 heteroatoms. The summed E-state index contributed by atoms with van der Waals surface area (Å²) >= 11 is 0. The first-order valence-corrected chi connectivity index (χ1v) is 5.19. The Balaban J connectivity index is 2.22. The maximum atomic E-state index is 9.95. The summed E-state index contributed by atoms with van der Waals surface area (Å²) in [4.78, 5) is 0. The highest BCUT2D eigenvalue weighted by molar-refractivity contribution is 5.40. The van der Waals surface area contributed by atoms with E-state index in [2.05, 4.69) is 0 Å². The van der Waals surface area contributed by atoms with Crippen molar-refractivity contribution in [3.63, 3.8) is 0 Å². The topological polar surface area (TPSA) is 38.7 Å². The maximum Gasteiger partial charge on any atom is 0.122 e. The number of hydrogen-bond acceptors (Lipinski definition) is 3. The smallest absolute Gasteiger partial charge is 0.122 e. The molecule has 0 aromatic heterocycles. The minimum Gasteiger partial charge on any atom is -0.493 e. The summed E-state index contributed by atoms with van der Waals surface area (Å²) in [6.45, 7) is 2.60. The highest BCUT2D eigenvalue weighted by Crippen LogP contribution is 2.29. The van der Waals surface area contributed by atoms with Crippen LogP contribution >= 0.6 is 0 Å². The van der Waals surface area contributed by atoms with Gasteiger partial charge in [-0.1, -0.05) is 6.07 Å². The Morgan fingerprint density at radius 3 is 3.00 bits per heavy atom. The van der Waals surface area contributed by atoms with Crippen LogP contribution in [0.15, 0.2) is 18.2 Å². The van der Waals surface area contributed by atoms with E-state index in [0.717, 1.165) is 24.3 Å². The van der Waals surface area contributed by atoms with Crippen molar-refractivity contribution in [2.75, 3.05) is 13.7 Å². The molecule has 3 nitrogen and oxygen atoms in total. The van der Waals surface area contributed by atoms with E-state index in [1.165, 1.54) is 5.56 Å². The van der Waals surface area contributed by atoms with Crippen LogP contribution in [0, 0.1) is 0 Å². The van der Waals surface area contributed by atoms with E-state index in [4.69, 9.17) is 9.47 Å². The van der Waals surface area contributed by atoms with Crippen LogP contribution in [-0.4, -0.2) is 24.9 Å². The highest BCUT2D eigenvalue weighted by atomic mass is 16.5. The van der Waals surface area contributed by atoms with E-state index in [-0.39, 0.29) is 6.10 Å². The second-order valence-electron chi connectivity index (χ2n) is 3.85. The molecular formula is C12H16O3. The molecule has 1 aliphatic rings. The van der Waals surface area contributed by atoms with E-state index < -0.39 is 6.10 Å². The lowest BCUT2D eigenvalue weighted by atomic mass is 10.0. The van der Waals surface area contributed by atoms with Crippen LogP contribution in [0.4, 0.5) is 0 Å². The average Bonchev–Trinajstić information content (AvgIpc) is 2.73. The Morgan fingerprint density at radius 1 is 1.47 bits per heavy atom. The van der Waals surface area contributed by atoms with Crippen molar-refractivity contribution in [3.8, 4) is 5.75 Å². The highest BCUT2D eigenvalue weighted by Gasteiger charge is 2.19. The Bertz CT molecular complexity index is 349. The first kappa shape index (κ1) is 10.5. The van der Waals surface area contributed by atoms with Gasteiger partial charge >= 0.3 is 0 Å². The van der Waals surface area contributed by atoms with Gasteiger partial charge in [0, 0.05) is 13.5 Å². The third-order valence-electron chi connectivity index (χ3n) is 2.87. The number of methoxy groups -OCH3 is 1. The second kappa shape index (κ2) is 4.21. The summed E-state index contributed by atoms with van der Waals surface area (Å²) in [6.07, 6.45) is 0.170. The summed E-state index contributed by atoms with van der Waals surface area (Å²) in [5, 5.41) is 9.95. The predicted molar refractivity (Wildman–Crippen MR) is 57.1 cm³/mol. The molecular weight excluding hydrogens is 192 g/mol. The molecule has 15 heavy (non-hydrogen) atoms. The minimum atomic E-state index is -0.569. The molecule has 1 aromatic rings. The van der Waals surface area contributed by atoms with E-state index in [9.17, 15) is 5.11 Å². The summed E-state index contributed by atoms with van der Waals surface area (Å²) in [6, 6.07) is 5.82. The van der Waals surface area contributed by atoms with Gasteiger partial charge in [0.25, 0.3) is 0 Å². The van der Waals surface area contributed by atoms with Crippen molar-refractivity contribution in [2.45, 2.75) is 25.6 Å². The molecule has 2 atom stereocenters. The fourth-order valence-corrected chi connectivity index (χ4v) is 1.79. The summed E-state index contributed by atoms with van der Waals surface area (Å²) < 4.78 is 10.5. The fourth-order valence-electron chi connectivity index (χ4n) is 1.79. The first-order valence-electron chi connectivity index (χ1n) is 5.19. The molecule has 0 saturated carbocycles. The Kier molecular flexibility index (Phi) is 2.93. The van der Waals surface area contributed by atoms with Gasteiger partial charge < -0.3 is 14.6 Å². The molecule has 0 spiro atoms. The zero-order valence-corrected chi connectivity index (χ0v) is 9.06. The maximum absolute atomic E-state index is 9.95. The molecule has 2 rings (SSSR count). The third-order valence-corrected chi connectivity index (χ3v) is 2.87. The number of aliphatic hydroxyl groups is 1. The van der Waals surface area contributed by atoms with Gasteiger partial charge in [-0.2, -0.15) is 0 Å². The molecule has 0 amide bonds. The van der Waals surface area contributed by atoms with Crippen LogP contribution in [0.25, 0.3) is 0 Å². The monoisotopic (exact) mass is 208 g/mol. The first-order chi connectivity index (χ1) is 7.22. The lowest BCUT2D eigenvalue weighted by Gasteiger charge is -2.18. The van der Waals surface area contributed by atoms with Crippen molar-refractivity contribution < 1.29 is 14.6 Å². The normalized spacial score (nSPS) is 18.1. The van der Waals surface area contributed by atoms with Gasteiger partial charge in [0.2, 0.25) is 0 Å². The number of fused-ring (bicyclic) bond motifs is 1. The minimum absolute atomic E-state index is 0.189. The van der Waals surface area contributed by atoms with E-state index in [0.29, 0.717) is 0 Å². The fraction of sp³-hybridized carbons (Fsp3) is 0.500. The zero-order chi connectivity index (χ0) is 10.8. The lowest BCUT2D eigenvalue weighted by Crippen LogP contribution is -2.16. The van der Waals surface area contributed by atoms with Crippen molar-refractivity contribution in [3.05, 3.63) is 29.3 Å². The second-order valence-corrected chi connectivity index (χ2v) is 3.85. The standard InChI is InChI=1S/C12H16O3/c1-8(14-2)12(13)10-3-4-11-9(7-10)5-6-15-11/h3-4,7-8,12-13H,5-6H2,1-2H3. The molecule has 0 saturated heterocycles. The molecule has 1 aromatic carbocycles. The number of aliphatic hydroxyl groups excluding tert-OH is 1. The Morgan fingerprint density at radius 2 is 2.27 bits per heavy atom. The van der Waals surface area contributed by atoms with Gasteiger partial charge in [-0.25, -0.2) is 0 Å². The van der Waals surface area contributed by atoms with Gasteiger partial charge in [0.15, 0.2) is 0 Å². The molecule has 0 aliphatic carbocycles. The molecule has 2 unspecified atom stereocenters. The van der Waals surface area contributed by atoms with Gasteiger partial charge in [-0.05, 0) is 30.2 Å². The van der Waals surface area contributed by atoms with Gasteiger partial charge in [0.05, 0.1) is 12.7 Å². The molecule has 0 fully saturated rings. The molecule has 0 radical (unpaired) electrons. The van der Waals surface area contributed by atoms with Crippen LogP contribution in [0.5, 0.6) is 5.75 Å². The summed E-state index contributed by atoms with van der Waals surface area (Å²) in [5.74, 6) is 0.941. The molecule has 1 heterocycles. The molecule has 1 aliphatic heterocycles. The Labute approximate surface area is 89.6 Å². The van der Waals surface area contributed by atoms with Crippen LogP contribution in [0.1, 0.15) is 24.2 Å². The number of ether oxygens (including phenoxy) is 2. The van der Waals surface area contributed by atoms with Gasteiger partial charge in [-0.15, -0.1) is 0 Å². The van der Waals surface area contributed by atoms with Gasteiger partial charge in [-0.3, -0.25) is 0 Å². The largest absolute Gasteiger partial charge is 0.493 e. The van der Waals surface area contributed by atoms with Crippen molar-refractivity contribution in [2.24, 2.45) is 0 Å². The van der Waals surface area contributed by atoms with Gasteiger partial charge in [0.1, 0.15) is 11.9 Å². The quantitative estimate of drug-likeness (QED) is 0.821. The van der Waals surface area contributed by atoms with Crippen LogP contribution in [0.3, 0.4) is 0 Å². The van der Waals surface area contributed by atoms with Crippen molar-refractivity contribution in [1.82, 2.24) is 0 Å². The van der Waals surface area contributed by atoms with Crippen LogP contribution in [0.2, 0.25) is 0 Å². The number of benzene rings is 1.